The number of hydrogen-bond acceptors (Lipinski definition) is 5. The van der Waals surface area contributed by atoms with Crippen LogP contribution in [0.5, 0.6) is 5.88 Å². The van der Waals surface area contributed by atoms with Gasteiger partial charge in [0.05, 0.1) is 26.7 Å². The van der Waals surface area contributed by atoms with Crippen LogP contribution >= 0.6 is 0 Å². The zero-order valence-corrected chi connectivity index (χ0v) is 9.56. The molecule has 0 bridgehead atoms. The molecule has 0 spiro atoms. The van der Waals surface area contributed by atoms with Crippen molar-refractivity contribution < 1.29 is 19.4 Å². The van der Waals surface area contributed by atoms with E-state index in [2.05, 4.69) is 9.72 Å². The van der Waals surface area contributed by atoms with E-state index in [1.165, 1.54) is 20.4 Å². The molecule has 1 aromatic rings. The Hall–Kier alpha value is -1.62. The highest BCUT2D eigenvalue weighted by Gasteiger charge is 2.14. The van der Waals surface area contributed by atoms with Gasteiger partial charge in [0, 0.05) is 11.8 Å². The van der Waals surface area contributed by atoms with E-state index in [9.17, 15) is 9.90 Å². The number of pyridine rings is 1. The van der Waals surface area contributed by atoms with Crippen molar-refractivity contribution in [2.75, 3.05) is 14.2 Å². The largest absolute Gasteiger partial charge is 0.481 e. The van der Waals surface area contributed by atoms with Crippen LogP contribution in [0.2, 0.25) is 0 Å². The molecule has 1 N–H and O–H groups in total. The first kappa shape index (κ1) is 12.4. The molecule has 0 aromatic carbocycles. The van der Waals surface area contributed by atoms with Gasteiger partial charge in [0.2, 0.25) is 5.88 Å². The molecule has 5 nitrogen and oxygen atoms in total. The standard InChI is InChI=1S/C11H15NO4/c1-7-4-8(6-12-11(7)16-3)9(13)5-10(14)15-2/h4,6,9,13H,5H2,1-3H3/t9-/m1/s1. The number of methoxy groups -OCH3 is 2. The van der Waals surface area contributed by atoms with E-state index in [0.717, 1.165) is 5.56 Å². The molecule has 0 saturated heterocycles. The number of aryl methyl sites for hydroxylation is 1. The van der Waals surface area contributed by atoms with Crippen molar-refractivity contribution in [1.29, 1.82) is 0 Å². The number of esters is 1. The topological polar surface area (TPSA) is 68.7 Å². The maximum Gasteiger partial charge on any atom is 0.308 e. The smallest absolute Gasteiger partial charge is 0.308 e. The third kappa shape index (κ3) is 2.93. The summed E-state index contributed by atoms with van der Waals surface area (Å²) < 4.78 is 9.47. The summed E-state index contributed by atoms with van der Waals surface area (Å²) in [6, 6.07) is 1.74. The summed E-state index contributed by atoms with van der Waals surface area (Å²) >= 11 is 0. The van der Waals surface area contributed by atoms with Crippen molar-refractivity contribution >= 4 is 5.97 Å². The van der Waals surface area contributed by atoms with E-state index in [1.807, 2.05) is 6.92 Å². The first-order chi connectivity index (χ1) is 7.58. The molecule has 1 heterocycles. The third-order valence-corrected chi connectivity index (χ3v) is 2.22. The lowest BCUT2D eigenvalue weighted by Crippen LogP contribution is -2.08. The molecule has 0 radical (unpaired) electrons. The molecule has 88 valence electrons. The van der Waals surface area contributed by atoms with Crippen molar-refractivity contribution in [3.8, 4) is 5.88 Å². The van der Waals surface area contributed by atoms with Gasteiger partial charge in [0.1, 0.15) is 0 Å². The van der Waals surface area contributed by atoms with Crippen LogP contribution in [0.15, 0.2) is 12.3 Å². The van der Waals surface area contributed by atoms with Crippen molar-refractivity contribution in [1.82, 2.24) is 4.98 Å². The molecule has 1 rings (SSSR count). The molecule has 5 heteroatoms. The van der Waals surface area contributed by atoms with Crippen molar-refractivity contribution in [3.63, 3.8) is 0 Å². The van der Waals surface area contributed by atoms with Crippen LogP contribution < -0.4 is 4.74 Å². The number of rotatable bonds is 4. The number of carbonyl (C=O) groups excluding carboxylic acids is 1. The van der Waals surface area contributed by atoms with Gasteiger partial charge in [-0.2, -0.15) is 0 Å². The van der Waals surface area contributed by atoms with Gasteiger partial charge in [-0.1, -0.05) is 0 Å². The van der Waals surface area contributed by atoms with Crippen molar-refractivity contribution in [2.45, 2.75) is 19.4 Å². The normalized spacial score (nSPS) is 12.0. The van der Waals surface area contributed by atoms with Crippen LogP contribution in [0.1, 0.15) is 23.7 Å². The van der Waals surface area contributed by atoms with Gasteiger partial charge in [-0.3, -0.25) is 4.79 Å². The molecule has 0 aliphatic rings. The van der Waals surface area contributed by atoms with Crippen LogP contribution in [-0.4, -0.2) is 30.3 Å². The lowest BCUT2D eigenvalue weighted by atomic mass is 10.1. The lowest BCUT2D eigenvalue weighted by Gasteiger charge is -2.11. The molecular weight excluding hydrogens is 210 g/mol. The number of aromatic nitrogens is 1. The molecule has 16 heavy (non-hydrogen) atoms. The van der Waals surface area contributed by atoms with E-state index >= 15 is 0 Å². The summed E-state index contributed by atoms with van der Waals surface area (Å²) in [5.74, 6) is 0.0509. The van der Waals surface area contributed by atoms with E-state index in [0.29, 0.717) is 11.4 Å². The van der Waals surface area contributed by atoms with Crippen LogP contribution in [-0.2, 0) is 9.53 Å². The summed E-state index contributed by atoms with van der Waals surface area (Å²) in [6.45, 7) is 1.82. The molecule has 0 fully saturated rings. The van der Waals surface area contributed by atoms with Gasteiger partial charge in [-0.05, 0) is 18.6 Å². The van der Waals surface area contributed by atoms with Gasteiger partial charge in [0.15, 0.2) is 0 Å². The number of carbonyl (C=O) groups is 1. The summed E-state index contributed by atoms with van der Waals surface area (Å²) in [7, 11) is 2.81. The number of ether oxygens (including phenoxy) is 2. The average Bonchev–Trinajstić information content (AvgIpc) is 2.28. The van der Waals surface area contributed by atoms with Crippen molar-refractivity contribution in [3.05, 3.63) is 23.4 Å². The van der Waals surface area contributed by atoms with Gasteiger partial charge in [-0.25, -0.2) is 4.98 Å². The van der Waals surface area contributed by atoms with Gasteiger partial charge in [-0.15, -0.1) is 0 Å². The summed E-state index contributed by atoms with van der Waals surface area (Å²) in [5, 5.41) is 9.73. The minimum atomic E-state index is -0.899. The Kier molecular flexibility index (Phi) is 4.25. The highest BCUT2D eigenvalue weighted by atomic mass is 16.5. The second-order valence-corrected chi connectivity index (χ2v) is 3.39. The molecule has 0 amide bonds. The van der Waals surface area contributed by atoms with Gasteiger partial charge >= 0.3 is 5.97 Å². The molecule has 0 unspecified atom stereocenters. The average molecular weight is 225 g/mol. The number of hydrogen-bond donors (Lipinski definition) is 1. The Balaban J connectivity index is 2.80. The predicted octanol–water partition coefficient (Wildman–Crippen LogP) is 0.995. The minimum Gasteiger partial charge on any atom is -0.481 e. The van der Waals surface area contributed by atoms with Gasteiger partial charge < -0.3 is 14.6 Å². The zero-order valence-electron chi connectivity index (χ0n) is 9.56. The maximum absolute atomic E-state index is 11.0. The lowest BCUT2D eigenvalue weighted by molar-refractivity contribution is -0.142. The highest BCUT2D eigenvalue weighted by Crippen LogP contribution is 2.21. The third-order valence-electron chi connectivity index (χ3n) is 2.22. The zero-order chi connectivity index (χ0) is 12.1. The van der Waals surface area contributed by atoms with E-state index in [-0.39, 0.29) is 6.42 Å². The fraction of sp³-hybridized carbons (Fsp3) is 0.455. The molecular formula is C11H15NO4. The maximum atomic E-state index is 11.0. The second-order valence-electron chi connectivity index (χ2n) is 3.39. The molecule has 0 saturated carbocycles. The minimum absolute atomic E-state index is 0.0794. The quantitative estimate of drug-likeness (QED) is 0.774. The molecule has 1 aromatic heterocycles. The predicted molar refractivity (Wildman–Crippen MR) is 57.1 cm³/mol. The van der Waals surface area contributed by atoms with Gasteiger partial charge in [0.25, 0.3) is 0 Å². The Labute approximate surface area is 94.0 Å². The number of aliphatic hydroxyl groups excluding tert-OH is 1. The molecule has 0 aliphatic heterocycles. The first-order valence-electron chi connectivity index (χ1n) is 4.84. The van der Waals surface area contributed by atoms with E-state index in [4.69, 9.17) is 4.74 Å². The first-order valence-corrected chi connectivity index (χ1v) is 4.84. The monoisotopic (exact) mass is 225 g/mol. The van der Waals surface area contributed by atoms with E-state index in [1.54, 1.807) is 6.07 Å². The van der Waals surface area contributed by atoms with E-state index < -0.39 is 12.1 Å². The molecule has 0 aliphatic carbocycles. The summed E-state index contributed by atoms with van der Waals surface area (Å²) in [6.07, 6.45) is 0.508. The van der Waals surface area contributed by atoms with Crippen LogP contribution in [0.4, 0.5) is 0 Å². The Morgan fingerprint density at radius 3 is 2.75 bits per heavy atom. The fourth-order valence-electron chi connectivity index (χ4n) is 1.34. The second kappa shape index (κ2) is 5.46. The Morgan fingerprint density at radius 2 is 2.25 bits per heavy atom. The SMILES string of the molecule is COC(=O)C[C@@H](O)c1cnc(OC)c(C)c1. The highest BCUT2D eigenvalue weighted by molar-refractivity contribution is 5.70. The fourth-order valence-corrected chi connectivity index (χ4v) is 1.34. The van der Waals surface area contributed by atoms with Crippen LogP contribution in [0, 0.1) is 6.92 Å². The summed E-state index contributed by atoms with van der Waals surface area (Å²) in [4.78, 5) is 15.0. The summed E-state index contributed by atoms with van der Waals surface area (Å²) in [5.41, 5.74) is 1.38. The van der Waals surface area contributed by atoms with Crippen molar-refractivity contribution in [2.24, 2.45) is 0 Å². The Bertz CT molecular complexity index is 378. The number of nitrogens with zero attached hydrogens (tertiary/aromatic N) is 1. The Morgan fingerprint density at radius 1 is 1.56 bits per heavy atom. The van der Waals surface area contributed by atoms with Crippen LogP contribution in [0.3, 0.4) is 0 Å². The van der Waals surface area contributed by atoms with Crippen LogP contribution in [0.25, 0.3) is 0 Å². The molecule has 1 atom stereocenters. The number of aliphatic hydroxyl groups is 1.